The third kappa shape index (κ3) is 1.89. The Bertz CT molecular complexity index is 654. The predicted octanol–water partition coefficient (Wildman–Crippen LogP) is -1.45. The van der Waals surface area contributed by atoms with Crippen LogP contribution in [0, 0.1) is 17.8 Å². The molecule has 8 heteroatoms. The highest BCUT2D eigenvalue weighted by atomic mass is 16.3. The lowest BCUT2D eigenvalue weighted by Crippen LogP contribution is -2.12. The van der Waals surface area contributed by atoms with Crippen LogP contribution < -0.4 is 11.3 Å². The van der Waals surface area contributed by atoms with Crippen molar-refractivity contribution in [2.45, 2.75) is 6.54 Å². The third-order valence-corrected chi connectivity index (χ3v) is 3.83. The molecule has 5 N–H and O–H groups in total. The summed E-state index contributed by atoms with van der Waals surface area (Å²) < 4.78 is 1.74. The van der Waals surface area contributed by atoms with E-state index in [0.29, 0.717) is 12.2 Å². The van der Waals surface area contributed by atoms with Crippen molar-refractivity contribution in [3.8, 4) is 0 Å². The number of fused-ring (bicyclic) bond motifs is 1. The maximum atomic E-state index is 11.6. The van der Waals surface area contributed by atoms with E-state index < -0.39 is 0 Å². The van der Waals surface area contributed by atoms with Gasteiger partial charge in [-0.2, -0.15) is 4.98 Å². The molecule has 1 saturated carbocycles. The first-order chi connectivity index (χ1) is 9.15. The minimum Gasteiger partial charge on any atom is -0.396 e. The molecular formula is C11H15N5O3. The quantitative estimate of drug-likeness (QED) is 0.535. The van der Waals surface area contributed by atoms with Gasteiger partial charge in [0.05, 0.1) is 6.33 Å². The molecule has 2 aromatic rings. The van der Waals surface area contributed by atoms with Crippen molar-refractivity contribution >= 4 is 17.1 Å². The fourth-order valence-electron chi connectivity index (χ4n) is 2.67. The summed E-state index contributed by atoms with van der Waals surface area (Å²) in [6.45, 7) is 0.667. The Morgan fingerprint density at radius 2 is 2.00 bits per heavy atom. The zero-order valence-corrected chi connectivity index (χ0v) is 10.2. The molecule has 0 aromatic carbocycles. The molecule has 0 saturated heterocycles. The van der Waals surface area contributed by atoms with Gasteiger partial charge in [0, 0.05) is 19.8 Å². The third-order valence-electron chi connectivity index (χ3n) is 3.83. The van der Waals surface area contributed by atoms with Crippen molar-refractivity contribution in [2.75, 3.05) is 18.9 Å². The van der Waals surface area contributed by atoms with Gasteiger partial charge >= 0.3 is 0 Å². The molecule has 0 unspecified atom stereocenters. The molecule has 8 nitrogen and oxygen atoms in total. The molecule has 1 aliphatic rings. The SMILES string of the molecule is Nc1nc2c(ncn2CC2[C@@H](CO)[C@@H]2CO)c(=O)[nH]1. The lowest BCUT2D eigenvalue weighted by molar-refractivity contribution is 0.232. The summed E-state index contributed by atoms with van der Waals surface area (Å²) in [6.07, 6.45) is 1.54. The summed E-state index contributed by atoms with van der Waals surface area (Å²) >= 11 is 0. The Balaban J connectivity index is 1.92. The number of aromatic nitrogens is 4. The summed E-state index contributed by atoms with van der Waals surface area (Å²) in [5.41, 5.74) is 5.83. The molecule has 3 rings (SSSR count). The number of imidazole rings is 1. The molecule has 19 heavy (non-hydrogen) atoms. The van der Waals surface area contributed by atoms with E-state index in [1.165, 1.54) is 6.33 Å². The molecule has 0 radical (unpaired) electrons. The van der Waals surface area contributed by atoms with E-state index in [1.807, 2.05) is 0 Å². The second-order valence-corrected chi connectivity index (χ2v) is 4.88. The summed E-state index contributed by atoms with van der Waals surface area (Å²) in [7, 11) is 0. The number of nitrogens with two attached hydrogens (primary N) is 1. The number of aliphatic hydroxyl groups is 2. The van der Waals surface area contributed by atoms with Crippen LogP contribution in [0.15, 0.2) is 11.1 Å². The summed E-state index contributed by atoms with van der Waals surface area (Å²) in [5.74, 6) is 0.422. The number of nitrogens with one attached hydrogen (secondary N) is 1. The Kier molecular flexibility index (Phi) is 2.76. The molecule has 0 amide bonds. The van der Waals surface area contributed by atoms with Crippen LogP contribution in [-0.2, 0) is 6.54 Å². The van der Waals surface area contributed by atoms with E-state index in [-0.39, 0.29) is 48.0 Å². The van der Waals surface area contributed by atoms with Crippen molar-refractivity contribution in [3.05, 3.63) is 16.7 Å². The molecule has 1 aliphatic carbocycles. The number of aliphatic hydroxyl groups excluding tert-OH is 2. The Morgan fingerprint density at radius 3 is 2.63 bits per heavy atom. The average molecular weight is 265 g/mol. The molecule has 0 bridgehead atoms. The topological polar surface area (TPSA) is 130 Å². The number of hydrogen-bond donors (Lipinski definition) is 4. The van der Waals surface area contributed by atoms with Crippen LogP contribution in [0.5, 0.6) is 0 Å². The normalized spacial score (nSPS) is 25.9. The first kappa shape index (κ1) is 12.1. The molecule has 2 aromatic heterocycles. The van der Waals surface area contributed by atoms with Gasteiger partial charge in [-0.05, 0) is 17.8 Å². The van der Waals surface area contributed by atoms with Gasteiger partial charge in [0.15, 0.2) is 11.2 Å². The minimum absolute atomic E-state index is 0.0486. The van der Waals surface area contributed by atoms with Crippen LogP contribution in [0.2, 0.25) is 0 Å². The average Bonchev–Trinajstić information content (AvgIpc) is 2.91. The fraction of sp³-hybridized carbons (Fsp3) is 0.545. The van der Waals surface area contributed by atoms with E-state index >= 15 is 0 Å². The van der Waals surface area contributed by atoms with Gasteiger partial charge in [-0.15, -0.1) is 0 Å². The molecule has 2 atom stereocenters. The minimum atomic E-state index is -0.366. The van der Waals surface area contributed by atoms with Crippen LogP contribution in [0.3, 0.4) is 0 Å². The Morgan fingerprint density at radius 1 is 1.32 bits per heavy atom. The van der Waals surface area contributed by atoms with Gasteiger partial charge in [0.25, 0.3) is 5.56 Å². The maximum Gasteiger partial charge on any atom is 0.280 e. The highest BCUT2D eigenvalue weighted by Crippen LogP contribution is 2.46. The number of nitrogen functional groups attached to an aromatic ring is 1. The van der Waals surface area contributed by atoms with Crippen LogP contribution in [0.1, 0.15) is 0 Å². The number of anilines is 1. The number of nitrogens with zero attached hydrogens (tertiary/aromatic N) is 3. The van der Waals surface area contributed by atoms with Gasteiger partial charge in [0.2, 0.25) is 5.95 Å². The molecule has 102 valence electrons. The summed E-state index contributed by atoms with van der Waals surface area (Å²) in [5, 5.41) is 18.4. The van der Waals surface area contributed by atoms with Gasteiger partial charge < -0.3 is 20.5 Å². The molecular weight excluding hydrogens is 250 g/mol. The second kappa shape index (κ2) is 4.32. The lowest BCUT2D eigenvalue weighted by Gasteiger charge is -2.03. The first-order valence-corrected chi connectivity index (χ1v) is 6.08. The monoisotopic (exact) mass is 265 g/mol. The highest BCUT2D eigenvalue weighted by molar-refractivity contribution is 5.70. The Hall–Kier alpha value is -1.93. The van der Waals surface area contributed by atoms with Crippen molar-refractivity contribution in [1.82, 2.24) is 19.5 Å². The largest absolute Gasteiger partial charge is 0.396 e. The number of H-pyrrole nitrogens is 1. The van der Waals surface area contributed by atoms with E-state index in [9.17, 15) is 15.0 Å². The van der Waals surface area contributed by atoms with Crippen LogP contribution in [0.4, 0.5) is 5.95 Å². The van der Waals surface area contributed by atoms with Crippen molar-refractivity contribution < 1.29 is 10.2 Å². The lowest BCUT2D eigenvalue weighted by atomic mass is 10.3. The van der Waals surface area contributed by atoms with Crippen molar-refractivity contribution in [1.29, 1.82) is 0 Å². The second-order valence-electron chi connectivity index (χ2n) is 4.88. The van der Waals surface area contributed by atoms with Gasteiger partial charge in [-0.1, -0.05) is 0 Å². The number of aromatic amines is 1. The number of rotatable bonds is 4. The molecule has 0 spiro atoms. The van der Waals surface area contributed by atoms with Crippen LogP contribution >= 0.6 is 0 Å². The Labute approximate surface area is 107 Å². The standard InChI is InChI=1S/C11H15N5O3/c12-11-14-9-8(10(19)15-11)13-4-16(9)1-5-6(2-17)7(5)3-18/h4-7,17-18H,1-3H2,(H3,12,14,15,19)/t6-,7-/m1/s1. The van der Waals surface area contributed by atoms with Gasteiger partial charge in [-0.25, -0.2) is 4.98 Å². The maximum absolute atomic E-state index is 11.6. The molecule has 2 heterocycles. The van der Waals surface area contributed by atoms with Crippen molar-refractivity contribution in [2.24, 2.45) is 17.8 Å². The molecule has 1 fully saturated rings. The number of hydrogen-bond acceptors (Lipinski definition) is 6. The highest BCUT2D eigenvalue weighted by Gasteiger charge is 2.49. The fourth-order valence-corrected chi connectivity index (χ4v) is 2.67. The van der Waals surface area contributed by atoms with Crippen LogP contribution in [0.25, 0.3) is 11.2 Å². The van der Waals surface area contributed by atoms with Crippen LogP contribution in [-0.4, -0.2) is 42.9 Å². The summed E-state index contributed by atoms with van der Waals surface area (Å²) in [4.78, 5) is 22.1. The zero-order chi connectivity index (χ0) is 13.6. The smallest absolute Gasteiger partial charge is 0.280 e. The molecule has 0 aliphatic heterocycles. The van der Waals surface area contributed by atoms with E-state index in [1.54, 1.807) is 4.57 Å². The first-order valence-electron chi connectivity index (χ1n) is 6.08. The van der Waals surface area contributed by atoms with E-state index in [2.05, 4.69) is 15.0 Å². The van der Waals surface area contributed by atoms with Crippen molar-refractivity contribution in [3.63, 3.8) is 0 Å². The summed E-state index contributed by atoms with van der Waals surface area (Å²) in [6, 6.07) is 0. The van der Waals surface area contributed by atoms with E-state index in [4.69, 9.17) is 5.73 Å². The zero-order valence-electron chi connectivity index (χ0n) is 10.2. The van der Waals surface area contributed by atoms with Gasteiger partial charge in [-0.3, -0.25) is 9.78 Å². The van der Waals surface area contributed by atoms with Gasteiger partial charge in [0.1, 0.15) is 0 Å². The van der Waals surface area contributed by atoms with E-state index in [0.717, 1.165) is 0 Å². The predicted molar refractivity (Wildman–Crippen MR) is 67.2 cm³/mol.